The molecule has 0 aliphatic carbocycles. The predicted molar refractivity (Wildman–Crippen MR) is 112 cm³/mol. The van der Waals surface area contributed by atoms with Crippen LogP contribution >= 0.6 is 0 Å². The highest BCUT2D eigenvalue weighted by Gasteiger charge is 2.42. The highest BCUT2D eigenvalue weighted by molar-refractivity contribution is 5.61. The van der Waals surface area contributed by atoms with Gasteiger partial charge >= 0.3 is 0 Å². The van der Waals surface area contributed by atoms with Gasteiger partial charge in [0.2, 0.25) is 5.95 Å². The Hall–Kier alpha value is -3.66. The predicted octanol–water partition coefficient (Wildman–Crippen LogP) is 2.31. The van der Waals surface area contributed by atoms with Crippen LogP contribution in [0.2, 0.25) is 0 Å². The summed E-state index contributed by atoms with van der Waals surface area (Å²) in [6, 6.07) is 5.93. The van der Waals surface area contributed by atoms with Gasteiger partial charge in [-0.25, -0.2) is 9.97 Å². The SMILES string of the molecule is Cc1cc(-c2nc(C3(c4ccc(-c5cnc(N)nc5)cn4)CCOCC3)no2)n(C)n1. The van der Waals surface area contributed by atoms with Crippen molar-refractivity contribution in [2.24, 2.45) is 7.05 Å². The summed E-state index contributed by atoms with van der Waals surface area (Å²) >= 11 is 0. The van der Waals surface area contributed by atoms with E-state index in [1.165, 1.54) is 0 Å². The fourth-order valence-electron chi connectivity index (χ4n) is 3.98. The van der Waals surface area contributed by atoms with Crippen molar-refractivity contribution in [1.82, 2.24) is 34.9 Å². The Morgan fingerprint density at radius 1 is 1.03 bits per heavy atom. The molecule has 0 amide bonds. The molecular formula is C21H22N8O2. The number of ether oxygens (including phenoxy) is 1. The van der Waals surface area contributed by atoms with Crippen molar-refractivity contribution in [2.45, 2.75) is 25.2 Å². The number of hydrogen-bond donors (Lipinski definition) is 1. The average molecular weight is 418 g/mol. The van der Waals surface area contributed by atoms with Gasteiger partial charge in [-0.15, -0.1) is 0 Å². The van der Waals surface area contributed by atoms with Crippen molar-refractivity contribution >= 4 is 5.95 Å². The van der Waals surface area contributed by atoms with Crippen molar-refractivity contribution in [3.8, 4) is 22.7 Å². The molecule has 10 nitrogen and oxygen atoms in total. The molecule has 10 heteroatoms. The zero-order chi connectivity index (χ0) is 21.4. The summed E-state index contributed by atoms with van der Waals surface area (Å²) in [6.07, 6.45) is 6.61. The summed E-state index contributed by atoms with van der Waals surface area (Å²) in [4.78, 5) is 17.6. The second-order valence-electron chi connectivity index (χ2n) is 7.67. The molecule has 0 unspecified atom stereocenters. The van der Waals surface area contributed by atoms with Crippen molar-refractivity contribution in [2.75, 3.05) is 18.9 Å². The summed E-state index contributed by atoms with van der Waals surface area (Å²) in [7, 11) is 1.86. The first-order valence-corrected chi connectivity index (χ1v) is 10.0. The fraction of sp³-hybridized carbons (Fsp3) is 0.333. The van der Waals surface area contributed by atoms with Crippen LogP contribution in [-0.2, 0) is 17.2 Å². The monoisotopic (exact) mass is 418 g/mol. The highest BCUT2D eigenvalue weighted by Crippen LogP contribution is 2.40. The minimum Gasteiger partial charge on any atom is -0.381 e. The minimum atomic E-state index is -0.482. The summed E-state index contributed by atoms with van der Waals surface area (Å²) < 4.78 is 13.0. The molecule has 0 bridgehead atoms. The number of hydrogen-bond acceptors (Lipinski definition) is 9. The Bertz CT molecular complexity index is 1190. The van der Waals surface area contributed by atoms with Gasteiger partial charge in [-0.05, 0) is 31.9 Å². The van der Waals surface area contributed by atoms with Gasteiger partial charge in [0, 0.05) is 50.0 Å². The number of pyridine rings is 1. The molecule has 0 saturated carbocycles. The van der Waals surface area contributed by atoms with Gasteiger partial charge in [0.25, 0.3) is 5.89 Å². The lowest BCUT2D eigenvalue weighted by molar-refractivity contribution is 0.0584. The normalized spacial score (nSPS) is 15.8. The van der Waals surface area contributed by atoms with E-state index in [-0.39, 0.29) is 5.95 Å². The Balaban J connectivity index is 1.52. The van der Waals surface area contributed by atoms with Gasteiger partial charge in [-0.2, -0.15) is 10.1 Å². The third kappa shape index (κ3) is 3.44. The molecule has 1 aliphatic rings. The van der Waals surface area contributed by atoms with E-state index in [2.05, 4.69) is 20.2 Å². The van der Waals surface area contributed by atoms with Gasteiger partial charge in [0.15, 0.2) is 5.82 Å². The molecule has 0 aromatic carbocycles. The summed E-state index contributed by atoms with van der Waals surface area (Å²) in [5.41, 5.74) is 9.41. The molecule has 1 fully saturated rings. The molecule has 5 heterocycles. The molecule has 4 aromatic rings. The van der Waals surface area contributed by atoms with Crippen LogP contribution in [0.15, 0.2) is 41.3 Å². The number of aryl methyl sites for hydroxylation is 2. The number of rotatable bonds is 4. The van der Waals surface area contributed by atoms with Crippen LogP contribution in [0.5, 0.6) is 0 Å². The van der Waals surface area contributed by atoms with E-state index in [4.69, 9.17) is 25.0 Å². The summed E-state index contributed by atoms with van der Waals surface area (Å²) in [6.45, 7) is 3.13. The van der Waals surface area contributed by atoms with Crippen molar-refractivity contribution in [1.29, 1.82) is 0 Å². The summed E-state index contributed by atoms with van der Waals surface area (Å²) in [5, 5.41) is 8.72. The van der Waals surface area contributed by atoms with Crippen LogP contribution in [0.1, 0.15) is 30.1 Å². The highest BCUT2D eigenvalue weighted by atomic mass is 16.5. The lowest BCUT2D eigenvalue weighted by Gasteiger charge is -2.33. The molecule has 158 valence electrons. The second kappa shape index (κ2) is 7.55. The maximum absolute atomic E-state index is 5.63. The van der Waals surface area contributed by atoms with E-state index in [1.807, 2.05) is 38.4 Å². The third-order valence-corrected chi connectivity index (χ3v) is 5.68. The van der Waals surface area contributed by atoms with Crippen LogP contribution in [0.25, 0.3) is 22.7 Å². The van der Waals surface area contributed by atoms with Gasteiger partial charge in [0.05, 0.1) is 16.8 Å². The molecule has 1 aliphatic heterocycles. The second-order valence-corrected chi connectivity index (χ2v) is 7.67. The lowest BCUT2D eigenvalue weighted by Crippen LogP contribution is -2.37. The van der Waals surface area contributed by atoms with E-state index in [0.29, 0.717) is 37.8 Å². The number of nitrogens with two attached hydrogens (primary N) is 1. The van der Waals surface area contributed by atoms with E-state index < -0.39 is 5.41 Å². The van der Waals surface area contributed by atoms with Crippen LogP contribution in [0, 0.1) is 6.92 Å². The van der Waals surface area contributed by atoms with Gasteiger partial charge in [0.1, 0.15) is 5.69 Å². The van der Waals surface area contributed by atoms with Crippen LogP contribution in [0.4, 0.5) is 5.95 Å². The molecule has 4 aromatic heterocycles. The number of nitrogens with zero attached hydrogens (tertiary/aromatic N) is 7. The topological polar surface area (TPSA) is 131 Å². The molecule has 2 N–H and O–H groups in total. The Morgan fingerprint density at radius 2 is 1.77 bits per heavy atom. The first-order chi connectivity index (χ1) is 15.0. The number of nitrogen functional groups attached to an aromatic ring is 1. The maximum Gasteiger partial charge on any atom is 0.276 e. The molecule has 31 heavy (non-hydrogen) atoms. The lowest BCUT2D eigenvalue weighted by atomic mass is 9.76. The first-order valence-electron chi connectivity index (χ1n) is 10.0. The van der Waals surface area contributed by atoms with Crippen molar-refractivity contribution in [3.05, 3.63) is 54.0 Å². The Labute approximate surface area is 178 Å². The zero-order valence-corrected chi connectivity index (χ0v) is 17.3. The van der Waals surface area contributed by atoms with Crippen molar-refractivity contribution < 1.29 is 9.26 Å². The van der Waals surface area contributed by atoms with Gasteiger partial charge in [-0.1, -0.05) is 11.2 Å². The smallest absolute Gasteiger partial charge is 0.276 e. The fourth-order valence-corrected chi connectivity index (χ4v) is 3.98. The quantitative estimate of drug-likeness (QED) is 0.530. The maximum atomic E-state index is 5.63. The minimum absolute atomic E-state index is 0.242. The van der Waals surface area contributed by atoms with E-state index in [0.717, 1.165) is 28.2 Å². The van der Waals surface area contributed by atoms with E-state index in [9.17, 15) is 0 Å². The molecular weight excluding hydrogens is 396 g/mol. The molecule has 0 radical (unpaired) electrons. The standard InChI is InChI=1S/C21H22N8O2/c1-13-9-16(29(2)27-13)18-26-19(28-31-18)21(5-7-30-8-6-21)17-4-3-14(10-23-17)15-11-24-20(22)25-12-15/h3-4,9-12H,5-8H2,1-2H3,(H2,22,24,25). The van der Waals surface area contributed by atoms with Crippen LogP contribution < -0.4 is 5.73 Å². The zero-order valence-electron chi connectivity index (χ0n) is 17.3. The molecule has 0 spiro atoms. The summed E-state index contributed by atoms with van der Waals surface area (Å²) in [5.74, 6) is 1.30. The molecule has 0 atom stereocenters. The van der Waals surface area contributed by atoms with Gasteiger partial charge < -0.3 is 15.0 Å². The average Bonchev–Trinajstić information content (AvgIpc) is 3.41. The first kappa shape index (κ1) is 19.3. The molecule has 1 saturated heterocycles. The number of aromatic nitrogens is 7. The van der Waals surface area contributed by atoms with E-state index in [1.54, 1.807) is 17.1 Å². The number of anilines is 1. The van der Waals surface area contributed by atoms with Gasteiger partial charge in [-0.3, -0.25) is 9.67 Å². The van der Waals surface area contributed by atoms with E-state index >= 15 is 0 Å². The van der Waals surface area contributed by atoms with Crippen LogP contribution in [-0.4, -0.2) is 48.1 Å². The van der Waals surface area contributed by atoms with Crippen molar-refractivity contribution in [3.63, 3.8) is 0 Å². The third-order valence-electron chi connectivity index (χ3n) is 5.68. The van der Waals surface area contributed by atoms with Crippen LogP contribution in [0.3, 0.4) is 0 Å². The Kier molecular flexibility index (Phi) is 4.70. The Morgan fingerprint density at radius 3 is 2.42 bits per heavy atom. The molecule has 5 rings (SSSR count). The largest absolute Gasteiger partial charge is 0.381 e.